The van der Waals surface area contributed by atoms with E-state index in [1.165, 1.54) is 12.1 Å². The molecule has 0 bridgehead atoms. The van der Waals surface area contributed by atoms with E-state index in [0.717, 1.165) is 29.8 Å². The third-order valence-electron chi connectivity index (χ3n) is 3.35. The molecule has 3 rings (SSSR count). The molecule has 4 nitrogen and oxygen atoms in total. The zero-order valence-electron chi connectivity index (χ0n) is 11.4. The molecular weight excluding hydrogens is 267 g/mol. The Labute approximate surface area is 122 Å². The lowest BCUT2D eigenvalue weighted by molar-refractivity contribution is 0.625. The van der Waals surface area contributed by atoms with Crippen LogP contribution in [-0.2, 0) is 13.0 Å². The van der Waals surface area contributed by atoms with Gasteiger partial charge in [-0.3, -0.25) is 0 Å². The van der Waals surface area contributed by atoms with E-state index in [0.29, 0.717) is 5.82 Å². The zero-order chi connectivity index (χ0) is 14.7. The standard InChI is InChI=1S/C16H15FN4/c17-14-4-1-12(2-5-14)7-8-21-11-19-10-15(21)13-3-6-16(18)20-9-13/h1-6,9-11H,7-8H2,(H2,18,20). The molecule has 106 valence electrons. The third kappa shape index (κ3) is 3.08. The lowest BCUT2D eigenvalue weighted by Crippen LogP contribution is -2.02. The van der Waals surface area contributed by atoms with Crippen molar-refractivity contribution < 1.29 is 4.39 Å². The first-order valence-corrected chi connectivity index (χ1v) is 6.69. The fourth-order valence-electron chi connectivity index (χ4n) is 2.20. The summed E-state index contributed by atoms with van der Waals surface area (Å²) in [5, 5.41) is 0. The molecule has 0 unspecified atom stereocenters. The lowest BCUT2D eigenvalue weighted by atomic mass is 10.1. The van der Waals surface area contributed by atoms with Gasteiger partial charge in [0.2, 0.25) is 0 Å². The van der Waals surface area contributed by atoms with Gasteiger partial charge in [-0.25, -0.2) is 14.4 Å². The Kier molecular flexibility index (Phi) is 3.64. The van der Waals surface area contributed by atoms with E-state index in [9.17, 15) is 4.39 Å². The van der Waals surface area contributed by atoms with Gasteiger partial charge in [-0.1, -0.05) is 12.1 Å². The van der Waals surface area contributed by atoms with E-state index in [2.05, 4.69) is 14.5 Å². The van der Waals surface area contributed by atoms with Crippen molar-refractivity contribution in [1.29, 1.82) is 0 Å². The number of pyridine rings is 1. The zero-order valence-corrected chi connectivity index (χ0v) is 11.4. The van der Waals surface area contributed by atoms with Gasteiger partial charge in [0.05, 0.1) is 18.2 Å². The molecule has 0 fully saturated rings. The van der Waals surface area contributed by atoms with Gasteiger partial charge in [0.25, 0.3) is 0 Å². The van der Waals surface area contributed by atoms with Crippen LogP contribution >= 0.6 is 0 Å². The molecule has 5 heteroatoms. The number of nitrogen functional groups attached to an aromatic ring is 1. The Balaban J connectivity index is 1.76. The molecule has 0 saturated heterocycles. The van der Waals surface area contributed by atoms with E-state index in [4.69, 9.17) is 5.73 Å². The summed E-state index contributed by atoms with van der Waals surface area (Å²) in [4.78, 5) is 8.29. The summed E-state index contributed by atoms with van der Waals surface area (Å²) in [6.07, 6.45) is 6.14. The van der Waals surface area contributed by atoms with Gasteiger partial charge >= 0.3 is 0 Å². The smallest absolute Gasteiger partial charge is 0.123 e. The van der Waals surface area contributed by atoms with E-state index in [1.54, 1.807) is 36.9 Å². The normalized spacial score (nSPS) is 10.7. The Hall–Kier alpha value is -2.69. The first-order valence-electron chi connectivity index (χ1n) is 6.69. The molecule has 0 aliphatic rings. The Morgan fingerprint density at radius 2 is 1.86 bits per heavy atom. The summed E-state index contributed by atoms with van der Waals surface area (Å²) in [6, 6.07) is 10.3. The Morgan fingerprint density at radius 3 is 2.57 bits per heavy atom. The lowest BCUT2D eigenvalue weighted by Gasteiger charge is -2.08. The number of anilines is 1. The fourth-order valence-corrected chi connectivity index (χ4v) is 2.20. The number of benzene rings is 1. The van der Waals surface area contributed by atoms with E-state index in [-0.39, 0.29) is 5.82 Å². The second-order valence-corrected chi connectivity index (χ2v) is 4.82. The van der Waals surface area contributed by atoms with Crippen molar-refractivity contribution in [2.45, 2.75) is 13.0 Å². The minimum Gasteiger partial charge on any atom is -0.384 e. The van der Waals surface area contributed by atoms with Crippen LogP contribution in [0.2, 0.25) is 0 Å². The monoisotopic (exact) mass is 282 g/mol. The first-order chi connectivity index (χ1) is 10.2. The van der Waals surface area contributed by atoms with Crippen LogP contribution in [0.15, 0.2) is 55.1 Å². The summed E-state index contributed by atoms with van der Waals surface area (Å²) in [6.45, 7) is 0.769. The quantitative estimate of drug-likeness (QED) is 0.800. The number of aryl methyl sites for hydroxylation is 2. The van der Waals surface area contributed by atoms with Gasteiger partial charge in [-0.15, -0.1) is 0 Å². The van der Waals surface area contributed by atoms with Gasteiger partial charge in [0.15, 0.2) is 0 Å². The average molecular weight is 282 g/mol. The number of nitrogens with two attached hydrogens (primary N) is 1. The minimum absolute atomic E-state index is 0.213. The molecule has 0 spiro atoms. The molecule has 1 aromatic carbocycles. The SMILES string of the molecule is Nc1ccc(-c2cncn2CCc2ccc(F)cc2)cn1. The van der Waals surface area contributed by atoms with Crippen LogP contribution in [0.5, 0.6) is 0 Å². The summed E-state index contributed by atoms with van der Waals surface area (Å²) in [5.41, 5.74) is 8.65. The molecule has 0 amide bonds. The Morgan fingerprint density at radius 1 is 1.05 bits per heavy atom. The summed E-state index contributed by atoms with van der Waals surface area (Å²) in [7, 11) is 0. The molecule has 0 aliphatic heterocycles. The topological polar surface area (TPSA) is 56.7 Å². The van der Waals surface area contributed by atoms with Crippen LogP contribution in [0.4, 0.5) is 10.2 Å². The van der Waals surface area contributed by atoms with E-state index in [1.807, 2.05) is 6.07 Å². The molecular formula is C16H15FN4. The summed E-state index contributed by atoms with van der Waals surface area (Å²) >= 11 is 0. The third-order valence-corrected chi connectivity index (χ3v) is 3.35. The number of rotatable bonds is 4. The minimum atomic E-state index is -0.213. The van der Waals surface area contributed by atoms with Gasteiger partial charge in [-0.2, -0.15) is 0 Å². The van der Waals surface area contributed by atoms with Gasteiger partial charge in [-0.05, 0) is 36.2 Å². The maximum absolute atomic E-state index is 12.9. The van der Waals surface area contributed by atoms with E-state index < -0.39 is 0 Å². The molecule has 21 heavy (non-hydrogen) atoms. The molecule has 0 radical (unpaired) electrons. The molecule has 0 atom stereocenters. The Bertz CT molecular complexity index is 717. The number of nitrogens with zero attached hydrogens (tertiary/aromatic N) is 3. The van der Waals surface area contributed by atoms with Crippen molar-refractivity contribution in [3.63, 3.8) is 0 Å². The van der Waals surface area contributed by atoms with Gasteiger partial charge < -0.3 is 10.3 Å². The summed E-state index contributed by atoms with van der Waals surface area (Å²) in [5.74, 6) is 0.283. The molecule has 0 saturated carbocycles. The second-order valence-electron chi connectivity index (χ2n) is 4.82. The van der Waals surface area contributed by atoms with Gasteiger partial charge in [0.1, 0.15) is 11.6 Å². The van der Waals surface area contributed by atoms with Crippen LogP contribution < -0.4 is 5.73 Å². The van der Waals surface area contributed by atoms with Crippen molar-refractivity contribution in [1.82, 2.24) is 14.5 Å². The van der Waals surface area contributed by atoms with Crippen LogP contribution in [-0.4, -0.2) is 14.5 Å². The van der Waals surface area contributed by atoms with Crippen LogP contribution in [0, 0.1) is 5.82 Å². The van der Waals surface area contributed by atoms with Crippen molar-refractivity contribution in [3.05, 3.63) is 66.5 Å². The van der Waals surface area contributed by atoms with Gasteiger partial charge in [0, 0.05) is 18.3 Å². The molecule has 3 aromatic rings. The largest absolute Gasteiger partial charge is 0.384 e. The number of imidazole rings is 1. The molecule has 0 aliphatic carbocycles. The molecule has 2 N–H and O–H groups in total. The molecule has 2 aromatic heterocycles. The first kappa shape index (κ1) is 13.3. The fraction of sp³-hybridized carbons (Fsp3) is 0.125. The highest BCUT2D eigenvalue weighted by molar-refractivity contribution is 5.59. The van der Waals surface area contributed by atoms with Crippen molar-refractivity contribution in [3.8, 4) is 11.3 Å². The van der Waals surface area contributed by atoms with Crippen LogP contribution in [0.1, 0.15) is 5.56 Å². The number of hydrogen-bond acceptors (Lipinski definition) is 3. The van der Waals surface area contributed by atoms with Crippen LogP contribution in [0.3, 0.4) is 0 Å². The average Bonchev–Trinajstić information content (AvgIpc) is 2.96. The number of hydrogen-bond donors (Lipinski definition) is 1. The summed E-state index contributed by atoms with van der Waals surface area (Å²) < 4.78 is 14.9. The maximum Gasteiger partial charge on any atom is 0.123 e. The number of halogens is 1. The molecule has 2 heterocycles. The van der Waals surface area contributed by atoms with Crippen LogP contribution in [0.25, 0.3) is 11.3 Å². The second kappa shape index (κ2) is 5.75. The van der Waals surface area contributed by atoms with Crippen molar-refractivity contribution >= 4 is 5.82 Å². The maximum atomic E-state index is 12.9. The number of aromatic nitrogens is 3. The highest BCUT2D eigenvalue weighted by Gasteiger charge is 2.06. The highest BCUT2D eigenvalue weighted by Crippen LogP contribution is 2.19. The predicted octanol–water partition coefficient (Wildman–Crippen LogP) is 2.91. The predicted molar refractivity (Wildman–Crippen MR) is 80.0 cm³/mol. The highest BCUT2D eigenvalue weighted by atomic mass is 19.1. The van der Waals surface area contributed by atoms with Crippen molar-refractivity contribution in [2.75, 3.05) is 5.73 Å². The van der Waals surface area contributed by atoms with E-state index >= 15 is 0 Å². The van der Waals surface area contributed by atoms with Crippen molar-refractivity contribution in [2.24, 2.45) is 0 Å².